The van der Waals surface area contributed by atoms with Gasteiger partial charge in [0.1, 0.15) is 5.76 Å². The Labute approximate surface area is 150 Å². The highest BCUT2D eigenvalue weighted by Crippen LogP contribution is 2.21. The molecule has 0 N–H and O–H groups in total. The van der Waals surface area contributed by atoms with E-state index < -0.39 is 5.97 Å². The molecule has 0 spiro atoms. The number of rotatable bonds is 6. The van der Waals surface area contributed by atoms with Crippen LogP contribution in [-0.2, 0) is 14.6 Å². The first-order valence-corrected chi connectivity index (χ1v) is 8.36. The minimum atomic E-state index is -0.591. The number of allylic oxidation sites excluding steroid dienone is 2. The lowest BCUT2D eigenvalue weighted by Gasteiger charge is -2.12. The van der Waals surface area contributed by atoms with Crippen LogP contribution < -0.4 is 0 Å². The van der Waals surface area contributed by atoms with E-state index in [-0.39, 0.29) is 12.5 Å². The van der Waals surface area contributed by atoms with Crippen LogP contribution in [0, 0.1) is 0 Å². The molecule has 1 aliphatic rings. The number of carbonyl (C=O) groups excluding carboxylic acids is 2. The minimum Gasteiger partial charge on any atom is -0.465 e. The van der Waals surface area contributed by atoms with Crippen molar-refractivity contribution in [1.82, 2.24) is 4.57 Å². The molecule has 6 heteroatoms. The molecule has 0 unspecified atom stereocenters. The maximum Gasteiger partial charge on any atom is 0.372 e. The van der Waals surface area contributed by atoms with Gasteiger partial charge in [0, 0.05) is 18.0 Å². The zero-order valence-electron chi connectivity index (χ0n) is 14.4. The fourth-order valence-corrected chi connectivity index (χ4v) is 2.54. The SMILES string of the molecule is CCOOC(=O)C1=CCCC(C(=O)n2ccc(C=Cc3ccco3)c2)=C1. The second kappa shape index (κ2) is 8.31. The highest BCUT2D eigenvalue weighted by molar-refractivity contribution is 6.00. The van der Waals surface area contributed by atoms with Gasteiger partial charge >= 0.3 is 5.97 Å². The third kappa shape index (κ3) is 4.29. The molecule has 0 saturated carbocycles. The first-order chi connectivity index (χ1) is 12.7. The summed E-state index contributed by atoms with van der Waals surface area (Å²) in [5.41, 5.74) is 1.75. The molecular weight excluding hydrogens is 334 g/mol. The minimum absolute atomic E-state index is 0.169. The van der Waals surface area contributed by atoms with Crippen LogP contribution in [0.5, 0.6) is 0 Å². The Morgan fingerprint density at radius 2 is 2.19 bits per heavy atom. The number of hydrogen-bond acceptors (Lipinski definition) is 5. The molecule has 0 radical (unpaired) electrons. The van der Waals surface area contributed by atoms with Gasteiger partial charge in [0.25, 0.3) is 5.91 Å². The maximum atomic E-state index is 12.7. The summed E-state index contributed by atoms with van der Waals surface area (Å²) in [7, 11) is 0. The van der Waals surface area contributed by atoms with E-state index >= 15 is 0 Å². The van der Waals surface area contributed by atoms with Crippen molar-refractivity contribution >= 4 is 24.0 Å². The summed E-state index contributed by atoms with van der Waals surface area (Å²) in [5.74, 6) is -0.0226. The van der Waals surface area contributed by atoms with E-state index in [2.05, 4.69) is 9.78 Å². The number of nitrogens with zero attached hydrogens (tertiary/aromatic N) is 1. The van der Waals surface area contributed by atoms with Gasteiger partial charge in [0.15, 0.2) is 0 Å². The Balaban J connectivity index is 1.70. The first kappa shape index (κ1) is 17.7. The molecular formula is C20H19NO5. The van der Waals surface area contributed by atoms with Crippen LogP contribution in [0.4, 0.5) is 0 Å². The number of aromatic nitrogens is 1. The van der Waals surface area contributed by atoms with Gasteiger partial charge in [-0.05, 0) is 61.8 Å². The van der Waals surface area contributed by atoms with Crippen molar-refractivity contribution in [2.45, 2.75) is 19.8 Å². The Kier molecular flexibility index (Phi) is 5.66. The van der Waals surface area contributed by atoms with Crippen molar-refractivity contribution in [3.63, 3.8) is 0 Å². The number of carbonyl (C=O) groups is 2. The average Bonchev–Trinajstić information content (AvgIpc) is 3.35. The highest BCUT2D eigenvalue weighted by Gasteiger charge is 2.19. The Hall–Kier alpha value is -3.12. The fraction of sp³-hybridized carbons (Fsp3) is 0.200. The molecule has 0 amide bonds. The molecule has 0 aromatic carbocycles. The fourth-order valence-electron chi connectivity index (χ4n) is 2.54. The van der Waals surface area contributed by atoms with Crippen molar-refractivity contribution in [3.05, 3.63) is 71.5 Å². The maximum absolute atomic E-state index is 12.7. The molecule has 2 aromatic rings. The molecule has 2 aromatic heterocycles. The van der Waals surface area contributed by atoms with E-state index in [0.29, 0.717) is 24.0 Å². The quantitative estimate of drug-likeness (QED) is 0.579. The lowest BCUT2D eigenvalue weighted by atomic mass is 9.99. The zero-order valence-corrected chi connectivity index (χ0v) is 14.4. The monoisotopic (exact) mass is 353 g/mol. The smallest absolute Gasteiger partial charge is 0.372 e. The van der Waals surface area contributed by atoms with Crippen LogP contribution in [0.15, 0.2) is 64.6 Å². The summed E-state index contributed by atoms with van der Waals surface area (Å²) in [4.78, 5) is 33.8. The van der Waals surface area contributed by atoms with E-state index in [1.807, 2.05) is 30.4 Å². The summed E-state index contributed by atoms with van der Waals surface area (Å²) >= 11 is 0. The van der Waals surface area contributed by atoms with E-state index in [1.165, 1.54) is 4.57 Å². The highest BCUT2D eigenvalue weighted by atomic mass is 17.2. The Bertz CT molecular complexity index is 868. The molecule has 0 atom stereocenters. The van der Waals surface area contributed by atoms with E-state index in [0.717, 1.165) is 11.3 Å². The second-order valence-electron chi connectivity index (χ2n) is 5.65. The van der Waals surface area contributed by atoms with Gasteiger partial charge in [0.05, 0.1) is 18.4 Å². The largest absolute Gasteiger partial charge is 0.465 e. The van der Waals surface area contributed by atoms with Gasteiger partial charge in [0.2, 0.25) is 0 Å². The van der Waals surface area contributed by atoms with Crippen LogP contribution in [0.25, 0.3) is 12.2 Å². The molecule has 6 nitrogen and oxygen atoms in total. The van der Waals surface area contributed by atoms with Crippen LogP contribution in [-0.4, -0.2) is 23.1 Å². The predicted octanol–water partition coefficient (Wildman–Crippen LogP) is 4.03. The normalized spacial score (nSPS) is 14.2. The van der Waals surface area contributed by atoms with Gasteiger partial charge in [-0.1, -0.05) is 6.08 Å². The summed E-state index contributed by atoms with van der Waals surface area (Å²) in [6, 6.07) is 5.49. The first-order valence-electron chi connectivity index (χ1n) is 8.36. The van der Waals surface area contributed by atoms with E-state index in [4.69, 9.17) is 4.42 Å². The lowest BCUT2D eigenvalue weighted by Crippen LogP contribution is -2.16. The molecule has 134 valence electrons. The molecule has 0 aliphatic heterocycles. The van der Waals surface area contributed by atoms with Gasteiger partial charge in [-0.15, -0.1) is 0 Å². The van der Waals surface area contributed by atoms with Crippen molar-refractivity contribution in [2.75, 3.05) is 6.61 Å². The predicted molar refractivity (Wildman–Crippen MR) is 95.8 cm³/mol. The lowest BCUT2D eigenvalue weighted by molar-refractivity contribution is -0.265. The summed E-state index contributed by atoms with van der Waals surface area (Å²) in [6.45, 7) is 1.99. The molecule has 0 fully saturated rings. The Morgan fingerprint density at radius 3 is 2.96 bits per heavy atom. The van der Waals surface area contributed by atoms with E-state index in [1.54, 1.807) is 37.7 Å². The zero-order chi connectivity index (χ0) is 18.4. The number of furan rings is 1. The standard InChI is InChI=1S/C20H19NO5/c1-2-25-26-20(23)17-6-3-5-16(13-17)19(22)21-11-10-15(14-21)8-9-18-7-4-12-24-18/h4,6-14H,2-3,5H2,1H3. The van der Waals surface area contributed by atoms with Crippen molar-refractivity contribution in [1.29, 1.82) is 0 Å². The third-order valence-corrected chi connectivity index (χ3v) is 3.80. The topological polar surface area (TPSA) is 70.7 Å². The van der Waals surface area contributed by atoms with Crippen molar-refractivity contribution in [3.8, 4) is 0 Å². The van der Waals surface area contributed by atoms with Crippen LogP contribution in [0.1, 0.15) is 35.9 Å². The van der Waals surface area contributed by atoms with Gasteiger partial charge < -0.3 is 4.42 Å². The van der Waals surface area contributed by atoms with Gasteiger partial charge in [-0.25, -0.2) is 4.79 Å². The number of hydrogen-bond donors (Lipinski definition) is 0. The summed E-state index contributed by atoms with van der Waals surface area (Å²) in [5, 5.41) is 0. The van der Waals surface area contributed by atoms with Crippen molar-refractivity contribution < 1.29 is 23.8 Å². The average molecular weight is 353 g/mol. The van der Waals surface area contributed by atoms with Crippen LogP contribution in [0.2, 0.25) is 0 Å². The Morgan fingerprint density at radius 1 is 1.31 bits per heavy atom. The molecule has 3 rings (SSSR count). The molecule has 2 heterocycles. The van der Waals surface area contributed by atoms with Crippen LogP contribution in [0.3, 0.4) is 0 Å². The molecule has 0 saturated heterocycles. The van der Waals surface area contributed by atoms with E-state index in [9.17, 15) is 9.59 Å². The van der Waals surface area contributed by atoms with Gasteiger partial charge in [-0.3, -0.25) is 14.2 Å². The summed E-state index contributed by atoms with van der Waals surface area (Å²) < 4.78 is 6.74. The van der Waals surface area contributed by atoms with Crippen molar-refractivity contribution in [2.24, 2.45) is 0 Å². The molecule has 0 bridgehead atoms. The molecule has 26 heavy (non-hydrogen) atoms. The summed E-state index contributed by atoms with van der Waals surface area (Å²) in [6.07, 6.45) is 13.2. The van der Waals surface area contributed by atoms with Gasteiger partial charge in [-0.2, -0.15) is 4.89 Å². The third-order valence-electron chi connectivity index (χ3n) is 3.80. The molecule has 1 aliphatic carbocycles. The van der Waals surface area contributed by atoms with Crippen LogP contribution >= 0.6 is 0 Å². The second-order valence-corrected chi connectivity index (χ2v) is 5.65.